The van der Waals surface area contributed by atoms with Crippen LogP contribution in [-0.2, 0) is 19.6 Å². The lowest BCUT2D eigenvalue weighted by molar-refractivity contribution is 0.295. The number of benzene rings is 1. The molecule has 160 valence electrons. The Balaban J connectivity index is 1.33. The molecular formula is C22H24FN7O. The Kier molecular flexibility index (Phi) is 5.03. The van der Waals surface area contributed by atoms with Crippen molar-refractivity contribution in [3.63, 3.8) is 0 Å². The van der Waals surface area contributed by atoms with Crippen LogP contribution in [0.15, 0.2) is 48.9 Å². The van der Waals surface area contributed by atoms with Gasteiger partial charge in [-0.2, -0.15) is 10.1 Å². The van der Waals surface area contributed by atoms with Crippen molar-refractivity contribution in [1.29, 1.82) is 0 Å². The number of nitrogens with zero attached hydrogens (tertiary/aromatic N) is 6. The Hall–Kier alpha value is -3.46. The Bertz CT molecular complexity index is 1200. The van der Waals surface area contributed by atoms with Crippen molar-refractivity contribution in [3.8, 4) is 0 Å². The smallest absolute Gasteiger partial charge is 0.225 e. The van der Waals surface area contributed by atoms with Crippen molar-refractivity contribution >= 4 is 22.8 Å². The molecule has 9 heteroatoms. The van der Waals surface area contributed by atoms with E-state index >= 15 is 0 Å². The number of halogens is 1. The lowest BCUT2D eigenvalue weighted by Crippen LogP contribution is -2.42. The van der Waals surface area contributed by atoms with E-state index in [0.29, 0.717) is 25.6 Å². The normalized spacial score (nSPS) is 15.6. The first-order valence-corrected chi connectivity index (χ1v) is 10.3. The zero-order valence-electron chi connectivity index (χ0n) is 17.2. The molecule has 1 aliphatic heterocycles. The summed E-state index contributed by atoms with van der Waals surface area (Å²) in [5, 5.41) is 17.2. The molecule has 31 heavy (non-hydrogen) atoms. The number of aromatic nitrogens is 5. The molecule has 5 rings (SSSR count). The molecule has 0 saturated heterocycles. The van der Waals surface area contributed by atoms with Crippen molar-refractivity contribution in [2.24, 2.45) is 0 Å². The van der Waals surface area contributed by atoms with Gasteiger partial charge in [-0.15, -0.1) is 0 Å². The molecule has 0 radical (unpaired) electrons. The summed E-state index contributed by atoms with van der Waals surface area (Å²) in [5.74, 6) is 1.15. The predicted octanol–water partition coefficient (Wildman–Crippen LogP) is 2.63. The quantitative estimate of drug-likeness (QED) is 0.477. The first-order chi connectivity index (χ1) is 15.1. The minimum absolute atomic E-state index is 0.0759. The minimum Gasteiger partial charge on any atom is -0.395 e. The van der Waals surface area contributed by atoms with E-state index in [4.69, 9.17) is 4.98 Å². The zero-order chi connectivity index (χ0) is 21.4. The molecule has 1 unspecified atom stereocenters. The fourth-order valence-electron chi connectivity index (χ4n) is 4.09. The minimum atomic E-state index is -0.243. The summed E-state index contributed by atoms with van der Waals surface area (Å²) in [4.78, 5) is 11.6. The van der Waals surface area contributed by atoms with Crippen molar-refractivity contribution in [1.82, 2.24) is 24.3 Å². The molecule has 1 atom stereocenters. The van der Waals surface area contributed by atoms with Crippen molar-refractivity contribution < 1.29 is 9.50 Å². The van der Waals surface area contributed by atoms with Gasteiger partial charge in [-0.05, 0) is 30.7 Å². The summed E-state index contributed by atoms with van der Waals surface area (Å²) in [6.07, 6.45) is 5.80. The molecule has 4 heterocycles. The van der Waals surface area contributed by atoms with E-state index in [1.54, 1.807) is 18.3 Å². The number of hydrogen-bond donors (Lipinski definition) is 2. The molecule has 0 bridgehead atoms. The van der Waals surface area contributed by atoms with Crippen LogP contribution in [0.5, 0.6) is 0 Å². The van der Waals surface area contributed by atoms with Crippen molar-refractivity contribution in [2.75, 3.05) is 23.4 Å². The molecule has 8 nitrogen and oxygen atoms in total. The summed E-state index contributed by atoms with van der Waals surface area (Å²) < 4.78 is 17.1. The van der Waals surface area contributed by atoms with E-state index < -0.39 is 0 Å². The number of aliphatic hydroxyl groups excluding tert-OH is 1. The van der Waals surface area contributed by atoms with Crippen molar-refractivity contribution in [2.45, 2.75) is 32.6 Å². The van der Waals surface area contributed by atoms with Crippen molar-refractivity contribution in [3.05, 3.63) is 65.9 Å². The standard InChI is InChI=1S/C22H24FN7O/c1-15-12-28-7-6-19-20(28)21(30(15)8-9-31)27-22(26-19)24-10-17-11-25-29(14-17)13-16-2-4-18(23)5-3-16/h2-7,11,14-15,31H,8-10,12-13H2,1H3,(H,24,26,27). The Morgan fingerprint density at radius 3 is 2.81 bits per heavy atom. The zero-order valence-corrected chi connectivity index (χ0v) is 17.2. The SMILES string of the molecule is CC1Cn2ccc3nc(NCc4cnn(Cc5ccc(F)cc5)c4)nc(c32)N1CCO. The van der Waals surface area contributed by atoms with Gasteiger partial charge >= 0.3 is 0 Å². The maximum Gasteiger partial charge on any atom is 0.225 e. The highest BCUT2D eigenvalue weighted by Gasteiger charge is 2.27. The van der Waals surface area contributed by atoms with Crippen LogP contribution in [0.2, 0.25) is 0 Å². The number of nitrogens with one attached hydrogen (secondary N) is 1. The van der Waals surface area contributed by atoms with E-state index in [2.05, 4.69) is 31.8 Å². The van der Waals surface area contributed by atoms with Crippen LogP contribution in [-0.4, -0.2) is 48.6 Å². The molecule has 4 aromatic rings. The molecule has 2 N–H and O–H groups in total. The molecule has 1 aromatic carbocycles. The average Bonchev–Trinajstić information content (AvgIpc) is 3.38. The van der Waals surface area contributed by atoms with Gasteiger partial charge in [0.05, 0.1) is 24.9 Å². The van der Waals surface area contributed by atoms with Gasteiger partial charge in [0.15, 0.2) is 5.82 Å². The Morgan fingerprint density at radius 2 is 2.00 bits per heavy atom. The predicted molar refractivity (Wildman–Crippen MR) is 116 cm³/mol. The average molecular weight is 421 g/mol. The first kappa shape index (κ1) is 19.5. The summed E-state index contributed by atoms with van der Waals surface area (Å²) in [5.41, 5.74) is 3.87. The fraction of sp³-hybridized carbons (Fsp3) is 0.318. The summed E-state index contributed by atoms with van der Waals surface area (Å²) in [7, 11) is 0. The van der Waals surface area contributed by atoms with Gasteiger partial charge in [0, 0.05) is 43.6 Å². The highest BCUT2D eigenvalue weighted by molar-refractivity contribution is 5.89. The topological polar surface area (TPSA) is 84.0 Å². The lowest BCUT2D eigenvalue weighted by Gasteiger charge is -2.35. The second-order valence-electron chi connectivity index (χ2n) is 7.86. The molecule has 1 aliphatic rings. The second kappa shape index (κ2) is 7.99. The van der Waals surface area contributed by atoms with E-state index in [-0.39, 0.29) is 18.5 Å². The third-order valence-corrected chi connectivity index (χ3v) is 5.59. The largest absolute Gasteiger partial charge is 0.395 e. The molecular weight excluding hydrogens is 397 g/mol. The van der Waals surface area contributed by atoms with E-state index in [9.17, 15) is 9.50 Å². The Morgan fingerprint density at radius 1 is 1.16 bits per heavy atom. The molecule has 0 aliphatic carbocycles. The lowest BCUT2D eigenvalue weighted by atomic mass is 10.2. The fourth-order valence-corrected chi connectivity index (χ4v) is 4.09. The number of rotatable bonds is 7. The second-order valence-corrected chi connectivity index (χ2v) is 7.86. The van der Waals surface area contributed by atoms with Gasteiger partial charge in [-0.25, -0.2) is 9.37 Å². The maximum absolute atomic E-state index is 13.1. The van der Waals surface area contributed by atoms with Crippen LogP contribution >= 0.6 is 0 Å². The monoisotopic (exact) mass is 421 g/mol. The van der Waals surface area contributed by atoms with Crippen LogP contribution in [0.25, 0.3) is 11.0 Å². The molecule has 0 spiro atoms. The molecule has 3 aromatic heterocycles. The number of hydrogen-bond acceptors (Lipinski definition) is 6. The van der Waals surface area contributed by atoms with Crippen LogP contribution in [0.3, 0.4) is 0 Å². The van der Waals surface area contributed by atoms with Gasteiger partial charge in [0.2, 0.25) is 5.95 Å². The third-order valence-electron chi connectivity index (χ3n) is 5.59. The first-order valence-electron chi connectivity index (χ1n) is 10.3. The van der Waals surface area contributed by atoms with Gasteiger partial charge in [-0.1, -0.05) is 12.1 Å². The van der Waals surface area contributed by atoms with Crippen LogP contribution in [0.1, 0.15) is 18.1 Å². The van der Waals surface area contributed by atoms with Crippen LogP contribution in [0, 0.1) is 5.82 Å². The van der Waals surface area contributed by atoms with Gasteiger partial charge in [0.25, 0.3) is 0 Å². The molecule has 0 fully saturated rings. The van der Waals surface area contributed by atoms with Gasteiger partial charge in [0.1, 0.15) is 11.3 Å². The number of aliphatic hydroxyl groups is 1. The summed E-state index contributed by atoms with van der Waals surface area (Å²) in [6.45, 7) is 4.70. The molecule has 0 saturated carbocycles. The highest BCUT2D eigenvalue weighted by Crippen LogP contribution is 2.32. The Labute approximate surface area is 179 Å². The van der Waals surface area contributed by atoms with Crippen LogP contribution < -0.4 is 10.2 Å². The summed E-state index contributed by atoms with van der Waals surface area (Å²) >= 11 is 0. The van der Waals surface area contributed by atoms with E-state index in [1.165, 1.54) is 12.1 Å². The third kappa shape index (κ3) is 3.84. The summed E-state index contributed by atoms with van der Waals surface area (Å²) in [6, 6.07) is 8.67. The van der Waals surface area contributed by atoms with E-state index in [1.807, 2.05) is 23.1 Å². The van der Waals surface area contributed by atoms with Gasteiger partial charge in [-0.3, -0.25) is 4.68 Å². The van der Waals surface area contributed by atoms with Crippen LogP contribution in [0.4, 0.5) is 16.2 Å². The highest BCUT2D eigenvalue weighted by atomic mass is 19.1. The molecule has 0 amide bonds. The number of β-amino-alcohol motifs (C(OH)–C–C–N with tert-alkyl or cyclic N) is 1. The van der Waals surface area contributed by atoms with E-state index in [0.717, 1.165) is 34.5 Å². The van der Waals surface area contributed by atoms with Gasteiger partial charge < -0.3 is 19.9 Å². The number of anilines is 2. The maximum atomic E-state index is 13.1.